The molecule has 4 heteroatoms. The molecule has 0 spiro atoms. The maximum atomic E-state index is 10.9. The molecular weight excluding hydrogens is 194 g/mol. The Kier molecular flexibility index (Phi) is 2.92. The van der Waals surface area contributed by atoms with Gasteiger partial charge in [-0.15, -0.1) is 0 Å². The van der Waals surface area contributed by atoms with Crippen LogP contribution in [-0.4, -0.2) is 16.2 Å². The second-order valence-corrected chi connectivity index (χ2v) is 3.02. The van der Waals surface area contributed by atoms with E-state index in [1.807, 2.05) is 0 Å². The quantitative estimate of drug-likeness (QED) is 0.666. The lowest BCUT2D eigenvalue weighted by Gasteiger charge is -2.02. The molecule has 0 aromatic heterocycles. The molecule has 0 aliphatic carbocycles. The molecule has 2 rings (SSSR count). The molecule has 0 saturated carbocycles. The summed E-state index contributed by atoms with van der Waals surface area (Å²) >= 11 is 0. The molecule has 0 fully saturated rings. The lowest BCUT2D eigenvalue weighted by atomic mass is 10.0. The van der Waals surface area contributed by atoms with Crippen LogP contribution in [-0.2, 0) is 0 Å². The van der Waals surface area contributed by atoms with Crippen LogP contribution < -0.4 is 6.15 Å². The van der Waals surface area contributed by atoms with Crippen LogP contribution in [0.5, 0.6) is 5.75 Å². The molecule has 78 valence electrons. The van der Waals surface area contributed by atoms with Gasteiger partial charge in [-0.2, -0.15) is 0 Å². The topological polar surface area (TPSA) is 92.5 Å². The fourth-order valence-corrected chi connectivity index (χ4v) is 1.47. The third-order valence-corrected chi connectivity index (χ3v) is 2.08. The molecule has 2 aromatic rings. The highest BCUT2D eigenvalue weighted by Gasteiger charge is 2.09. The highest BCUT2D eigenvalue weighted by molar-refractivity contribution is 6.04. The predicted molar refractivity (Wildman–Crippen MR) is 57.6 cm³/mol. The van der Waals surface area contributed by atoms with Gasteiger partial charge in [0, 0.05) is 0 Å². The van der Waals surface area contributed by atoms with E-state index in [4.69, 9.17) is 5.11 Å². The first kappa shape index (κ1) is 11.0. The Morgan fingerprint density at radius 2 is 1.80 bits per heavy atom. The molecule has 0 atom stereocenters. The number of carbonyl (C=O) groups is 1. The molecule has 15 heavy (non-hydrogen) atoms. The number of rotatable bonds is 1. The largest absolute Gasteiger partial charge is 0.508 e. The Labute approximate surface area is 86.4 Å². The van der Waals surface area contributed by atoms with E-state index in [2.05, 4.69) is 0 Å². The van der Waals surface area contributed by atoms with Crippen LogP contribution in [0.2, 0.25) is 0 Å². The van der Waals surface area contributed by atoms with Gasteiger partial charge in [-0.05, 0) is 22.9 Å². The van der Waals surface area contributed by atoms with Gasteiger partial charge in [0.2, 0.25) is 0 Å². The van der Waals surface area contributed by atoms with Gasteiger partial charge in [0.25, 0.3) is 0 Å². The van der Waals surface area contributed by atoms with E-state index in [1.165, 1.54) is 6.07 Å². The van der Waals surface area contributed by atoms with Crippen molar-refractivity contribution in [3.05, 3.63) is 42.0 Å². The zero-order chi connectivity index (χ0) is 10.1. The summed E-state index contributed by atoms with van der Waals surface area (Å²) in [4.78, 5) is 10.9. The van der Waals surface area contributed by atoms with Gasteiger partial charge in [-0.3, -0.25) is 0 Å². The van der Waals surface area contributed by atoms with Crippen molar-refractivity contribution in [2.45, 2.75) is 0 Å². The second kappa shape index (κ2) is 3.98. The van der Waals surface area contributed by atoms with Crippen molar-refractivity contribution < 1.29 is 15.0 Å². The minimum absolute atomic E-state index is 0. The summed E-state index contributed by atoms with van der Waals surface area (Å²) in [5.41, 5.74) is 0.126. The summed E-state index contributed by atoms with van der Waals surface area (Å²) in [6.45, 7) is 0. The number of carboxylic acid groups (broad SMARTS) is 1. The van der Waals surface area contributed by atoms with Crippen molar-refractivity contribution in [3.8, 4) is 5.75 Å². The van der Waals surface area contributed by atoms with E-state index in [0.717, 1.165) is 5.39 Å². The Bertz CT molecular complexity index is 508. The number of aromatic hydroxyl groups is 1. The van der Waals surface area contributed by atoms with Crippen molar-refractivity contribution in [2.75, 3.05) is 0 Å². The summed E-state index contributed by atoms with van der Waals surface area (Å²) in [5, 5.41) is 19.6. The average molecular weight is 205 g/mol. The molecule has 0 aliphatic rings. The third kappa shape index (κ3) is 1.89. The molecule has 0 bridgehead atoms. The summed E-state index contributed by atoms with van der Waals surface area (Å²) in [6, 6.07) is 9.85. The van der Waals surface area contributed by atoms with Crippen LogP contribution in [0.1, 0.15) is 10.4 Å². The smallest absolute Gasteiger partial charge is 0.336 e. The Balaban J connectivity index is 0.00000112. The molecule has 0 radical (unpaired) electrons. The molecule has 0 aliphatic heterocycles. The lowest BCUT2D eigenvalue weighted by molar-refractivity contribution is 0.0698. The number of carboxylic acids is 1. The number of aromatic carboxylic acids is 1. The molecule has 0 amide bonds. The average Bonchev–Trinajstić information content (AvgIpc) is 2.16. The summed E-state index contributed by atoms with van der Waals surface area (Å²) in [6.07, 6.45) is 0. The summed E-state index contributed by atoms with van der Waals surface area (Å²) < 4.78 is 0. The molecule has 4 nitrogen and oxygen atoms in total. The lowest BCUT2D eigenvalue weighted by Crippen LogP contribution is -1.96. The van der Waals surface area contributed by atoms with Gasteiger partial charge in [0.15, 0.2) is 0 Å². The Morgan fingerprint density at radius 1 is 1.13 bits per heavy atom. The number of hydrogen-bond donors (Lipinski definition) is 3. The van der Waals surface area contributed by atoms with E-state index in [-0.39, 0.29) is 17.5 Å². The zero-order valence-electron chi connectivity index (χ0n) is 7.97. The number of hydrogen-bond acceptors (Lipinski definition) is 3. The van der Waals surface area contributed by atoms with Gasteiger partial charge in [-0.1, -0.05) is 24.3 Å². The van der Waals surface area contributed by atoms with E-state index in [0.29, 0.717) is 5.39 Å². The number of fused-ring (bicyclic) bond motifs is 1. The second-order valence-electron chi connectivity index (χ2n) is 3.02. The van der Waals surface area contributed by atoms with Crippen LogP contribution in [0.3, 0.4) is 0 Å². The summed E-state index contributed by atoms with van der Waals surface area (Å²) in [5.74, 6) is -1.06. The maximum absolute atomic E-state index is 10.9. The molecule has 0 heterocycles. The van der Waals surface area contributed by atoms with E-state index < -0.39 is 5.97 Å². The van der Waals surface area contributed by atoms with Crippen LogP contribution in [0, 0.1) is 0 Å². The van der Waals surface area contributed by atoms with Crippen LogP contribution >= 0.6 is 0 Å². The summed E-state index contributed by atoms with van der Waals surface area (Å²) in [7, 11) is 0. The van der Waals surface area contributed by atoms with Crippen LogP contribution in [0.15, 0.2) is 36.4 Å². The number of phenolic OH excluding ortho intramolecular Hbond substituents is 1. The first-order chi connectivity index (χ1) is 6.68. The fraction of sp³-hybridized carbons (Fsp3) is 0. The van der Waals surface area contributed by atoms with Gasteiger partial charge in [-0.25, -0.2) is 4.79 Å². The Morgan fingerprint density at radius 3 is 2.47 bits per heavy atom. The fourth-order valence-electron chi connectivity index (χ4n) is 1.47. The molecule has 0 saturated heterocycles. The molecule has 2 aromatic carbocycles. The van der Waals surface area contributed by atoms with Crippen molar-refractivity contribution in [1.29, 1.82) is 0 Å². The number of phenols is 1. The standard InChI is InChI=1S/C11H8O3.H3N/c12-8-5-7-3-1-2-4-9(7)10(6-8)11(13)14;/h1-6,12H,(H,13,14);1H3. The van der Waals surface area contributed by atoms with Crippen molar-refractivity contribution >= 4 is 16.7 Å². The van der Waals surface area contributed by atoms with Gasteiger partial charge >= 0.3 is 5.97 Å². The van der Waals surface area contributed by atoms with Crippen molar-refractivity contribution in [2.24, 2.45) is 0 Å². The van der Waals surface area contributed by atoms with Crippen molar-refractivity contribution in [1.82, 2.24) is 6.15 Å². The van der Waals surface area contributed by atoms with E-state index in [9.17, 15) is 9.90 Å². The highest BCUT2D eigenvalue weighted by atomic mass is 16.4. The minimum Gasteiger partial charge on any atom is -0.508 e. The zero-order valence-corrected chi connectivity index (χ0v) is 7.97. The van der Waals surface area contributed by atoms with Gasteiger partial charge in [0.1, 0.15) is 5.75 Å². The van der Waals surface area contributed by atoms with E-state index in [1.54, 1.807) is 30.3 Å². The van der Waals surface area contributed by atoms with Crippen LogP contribution in [0.25, 0.3) is 10.8 Å². The van der Waals surface area contributed by atoms with Crippen molar-refractivity contribution in [3.63, 3.8) is 0 Å². The normalized spacial score (nSPS) is 9.60. The molecular formula is C11H11NO3. The monoisotopic (exact) mass is 205 g/mol. The van der Waals surface area contributed by atoms with Crippen LogP contribution in [0.4, 0.5) is 0 Å². The first-order valence-electron chi connectivity index (χ1n) is 4.13. The molecule has 0 unspecified atom stereocenters. The SMILES string of the molecule is N.O=C(O)c1cc(O)cc2ccccc12. The third-order valence-electron chi connectivity index (χ3n) is 2.08. The molecule has 5 N–H and O–H groups in total. The highest BCUT2D eigenvalue weighted by Crippen LogP contribution is 2.24. The van der Waals surface area contributed by atoms with E-state index >= 15 is 0 Å². The maximum Gasteiger partial charge on any atom is 0.336 e. The minimum atomic E-state index is -1.03. The van der Waals surface area contributed by atoms with Gasteiger partial charge in [0.05, 0.1) is 5.56 Å². The predicted octanol–water partition coefficient (Wildman–Crippen LogP) is 2.41. The number of benzene rings is 2. The Hall–Kier alpha value is -2.07. The van der Waals surface area contributed by atoms with Gasteiger partial charge < -0.3 is 16.4 Å². The first-order valence-corrected chi connectivity index (χ1v) is 4.13.